The zero-order valence-electron chi connectivity index (χ0n) is 9.04. The molecule has 0 spiro atoms. The molecule has 0 saturated heterocycles. The Balaban J connectivity index is 2.25. The van der Waals surface area contributed by atoms with Gasteiger partial charge in [0.1, 0.15) is 11.6 Å². The van der Waals surface area contributed by atoms with Crippen LogP contribution in [0.1, 0.15) is 5.56 Å². The topological polar surface area (TPSA) is 9.23 Å². The molecule has 3 rings (SSSR count). The molecule has 17 heavy (non-hydrogen) atoms. The standard InChI is InChI=1S/C14H10ClFO/c15-13-4-2-1-3-11(13)12-8-10(16)7-9-5-6-17-14(9)12/h1-4,7-8H,5-6H2. The largest absolute Gasteiger partial charge is 0.492 e. The van der Waals surface area contributed by atoms with Crippen molar-refractivity contribution < 1.29 is 9.13 Å². The Morgan fingerprint density at radius 1 is 1.12 bits per heavy atom. The van der Waals surface area contributed by atoms with E-state index in [1.165, 1.54) is 12.1 Å². The van der Waals surface area contributed by atoms with E-state index in [1.54, 1.807) is 6.07 Å². The maximum atomic E-state index is 13.5. The summed E-state index contributed by atoms with van der Waals surface area (Å²) >= 11 is 6.13. The Morgan fingerprint density at radius 3 is 2.76 bits per heavy atom. The summed E-state index contributed by atoms with van der Waals surface area (Å²) in [6.45, 7) is 0.607. The second-order valence-electron chi connectivity index (χ2n) is 4.02. The maximum Gasteiger partial charge on any atom is 0.130 e. The number of benzene rings is 2. The lowest BCUT2D eigenvalue weighted by atomic mass is 10.0. The van der Waals surface area contributed by atoms with Crippen LogP contribution in [0.2, 0.25) is 5.02 Å². The van der Waals surface area contributed by atoms with E-state index < -0.39 is 0 Å². The number of rotatable bonds is 1. The number of ether oxygens (including phenoxy) is 1. The van der Waals surface area contributed by atoms with Crippen LogP contribution >= 0.6 is 11.6 Å². The highest BCUT2D eigenvalue weighted by Crippen LogP contribution is 2.40. The van der Waals surface area contributed by atoms with Gasteiger partial charge in [-0.25, -0.2) is 4.39 Å². The van der Waals surface area contributed by atoms with Gasteiger partial charge >= 0.3 is 0 Å². The predicted octanol–water partition coefficient (Wildman–Crippen LogP) is 4.08. The van der Waals surface area contributed by atoms with Gasteiger partial charge in [0, 0.05) is 28.1 Å². The zero-order valence-corrected chi connectivity index (χ0v) is 9.80. The lowest BCUT2D eigenvalue weighted by molar-refractivity contribution is 0.358. The highest BCUT2D eigenvalue weighted by molar-refractivity contribution is 6.33. The van der Waals surface area contributed by atoms with Crippen LogP contribution < -0.4 is 4.74 Å². The van der Waals surface area contributed by atoms with Crippen molar-refractivity contribution in [1.82, 2.24) is 0 Å². The summed E-state index contributed by atoms with van der Waals surface area (Å²) in [7, 11) is 0. The van der Waals surface area contributed by atoms with Crippen LogP contribution in [0.15, 0.2) is 36.4 Å². The Bertz CT molecular complexity index is 580. The second-order valence-corrected chi connectivity index (χ2v) is 4.43. The van der Waals surface area contributed by atoms with E-state index in [0.29, 0.717) is 11.6 Å². The van der Waals surface area contributed by atoms with Crippen molar-refractivity contribution in [2.24, 2.45) is 0 Å². The van der Waals surface area contributed by atoms with E-state index in [-0.39, 0.29) is 5.82 Å². The van der Waals surface area contributed by atoms with Gasteiger partial charge in [0.2, 0.25) is 0 Å². The molecular weight excluding hydrogens is 239 g/mol. The molecular formula is C14H10ClFO. The Kier molecular flexibility index (Phi) is 2.52. The number of fused-ring (bicyclic) bond motifs is 1. The lowest BCUT2D eigenvalue weighted by Crippen LogP contribution is -1.90. The highest BCUT2D eigenvalue weighted by Gasteiger charge is 2.20. The van der Waals surface area contributed by atoms with Crippen LogP contribution in [0.3, 0.4) is 0 Å². The first-order valence-electron chi connectivity index (χ1n) is 5.46. The molecule has 0 unspecified atom stereocenters. The molecule has 0 aliphatic carbocycles. The van der Waals surface area contributed by atoms with Crippen molar-refractivity contribution in [3.8, 4) is 16.9 Å². The maximum absolute atomic E-state index is 13.5. The zero-order chi connectivity index (χ0) is 11.8. The van der Waals surface area contributed by atoms with Crippen LogP contribution in [-0.2, 0) is 6.42 Å². The van der Waals surface area contributed by atoms with Crippen molar-refractivity contribution in [1.29, 1.82) is 0 Å². The van der Waals surface area contributed by atoms with E-state index in [2.05, 4.69) is 0 Å². The van der Waals surface area contributed by atoms with Gasteiger partial charge in [-0.1, -0.05) is 29.8 Å². The molecule has 0 aromatic heterocycles. The average molecular weight is 249 g/mol. The molecule has 0 fully saturated rings. The number of hydrogen-bond acceptors (Lipinski definition) is 1. The van der Waals surface area contributed by atoms with Gasteiger partial charge < -0.3 is 4.74 Å². The summed E-state index contributed by atoms with van der Waals surface area (Å²) < 4.78 is 19.1. The second kappa shape index (κ2) is 4.04. The van der Waals surface area contributed by atoms with Crippen LogP contribution in [0.5, 0.6) is 5.75 Å². The fourth-order valence-electron chi connectivity index (χ4n) is 2.15. The normalized spacial score (nSPS) is 13.3. The van der Waals surface area contributed by atoms with Crippen molar-refractivity contribution in [2.45, 2.75) is 6.42 Å². The van der Waals surface area contributed by atoms with E-state index in [1.807, 2.05) is 18.2 Å². The first-order valence-corrected chi connectivity index (χ1v) is 5.83. The van der Waals surface area contributed by atoms with Gasteiger partial charge in [-0.2, -0.15) is 0 Å². The minimum Gasteiger partial charge on any atom is -0.492 e. The van der Waals surface area contributed by atoms with Crippen molar-refractivity contribution >= 4 is 11.6 Å². The van der Waals surface area contributed by atoms with E-state index in [9.17, 15) is 4.39 Å². The molecule has 2 aromatic carbocycles. The van der Waals surface area contributed by atoms with E-state index >= 15 is 0 Å². The molecule has 1 nitrogen and oxygen atoms in total. The van der Waals surface area contributed by atoms with Crippen molar-refractivity contribution in [3.05, 3.63) is 52.8 Å². The molecule has 0 bridgehead atoms. The summed E-state index contributed by atoms with van der Waals surface area (Å²) in [5, 5.41) is 0.607. The Hall–Kier alpha value is -1.54. The van der Waals surface area contributed by atoms with E-state index in [0.717, 1.165) is 28.9 Å². The Morgan fingerprint density at radius 2 is 1.94 bits per heavy atom. The summed E-state index contributed by atoms with van der Waals surface area (Å²) in [4.78, 5) is 0. The van der Waals surface area contributed by atoms with E-state index in [4.69, 9.17) is 16.3 Å². The molecule has 0 saturated carbocycles. The summed E-state index contributed by atoms with van der Waals surface area (Å²) in [6.07, 6.45) is 0.755. The summed E-state index contributed by atoms with van der Waals surface area (Å²) in [5.41, 5.74) is 2.47. The first kappa shape index (κ1) is 10.6. The molecule has 0 radical (unpaired) electrons. The highest BCUT2D eigenvalue weighted by atomic mass is 35.5. The van der Waals surface area contributed by atoms with Crippen LogP contribution in [0, 0.1) is 5.82 Å². The molecule has 0 atom stereocenters. The number of halogens is 2. The van der Waals surface area contributed by atoms with Gasteiger partial charge in [-0.05, 0) is 18.2 Å². The van der Waals surface area contributed by atoms with Crippen LogP contribution in [-0.4, -0.2) is 6.61 Å². The van der Waals surface area contributed by atoms with Gasteiger partial charge in [0.05, 0.1) is 6.61 Å². The SMILES string of the molecule is Fc1cc2c(c(-c3ccccc3Cl)c1)OCC2. The smallest absolute Gasteiger partial charge is 0.130 e. The molecule has 1 aliphatic heterocycles. The molecule has 1 aliphatic rings. The minimum absolute atomic E-state index is 0.246. The molecule has 1 heterocycles. The third kappa shape index (κ3) is 1.79. The Labute approximate surface area is 104 Å². The molecule has 2 aromatic rings. The third-order valence-electron chi connectivity index (χ3n) is 2.91. The first-order chi connectivity index (χ1) is 8.25. The fourth-order valence-corrected chi connectivity index (χ4v) is 2.39. The summed E-state index contributed by atoms with van der Waals surface area (Å²) in [5.74, 6) is 0.517. The fraction of sp³-hybridized carbons (Fsp3) is 0.143. The van der Waals surface area contributed by atoms with Gasteiger partial charge in [-0.15, -0.1) is 0 Å². The van der Waals surface area contributed by atoms with Crippen molar-refractivity contribution in [2.75, 3.05) is 6.61 Å². The average Bonchev–Trinajstić information content (AvgIpc) is 2.76. The van der Waals surface area contributed by atoms with Gasteiger partial charge in [0.15, 0.2) is 0 Å². The van der Waals surface area contributed by atoms with Gasteiger partial charge in [-0.3, -0.25) is 0 Å². The van der Waals surface area contributed by atoms with Gasteiger partial charge in [0.25, 0.3) is 0 Å². The third-order valence-corrected chi connectivity index (χ3v) is 3.24. The predicted molar refractivity (Wildman–Crippen MR) is 66.0 cm³/mol. The van der Waals surface area contributed by atoms with Crippen molar-refractivity contribution in [3.63, 3.8) is 0 Å². The molecule has 0 amide bonds. The quantitative estimate of drug-likeness (QED) is 0.739. The lowest BCUT2D eigenvalue weighted by Gasteiger charge is -2.10. The van der Waals surface area contributed by atoms with Crippen LogP contribution in [0.25, 0.3) is 11.1 Å². The minimum atomic E-state index is -0.246. The molecule has 3 heteroatoms. The molecule has 0 N–H and O–H groups in total. The summed E-state index contributed by atoms with van der Waals surface area (Å²) in [6, 6.07) is 10.4. The molecule has 86 valence electrons. The monoisotopic (exact) mass is 248 g/mol. The van der Waals surface area contributed by atoms with Crippen LogP contribution in [0.4, 0.5) is 4.39 Å². The number of hydrogen-bond donors (Lipinski definition) is 0.